The Bertz CT molecular complexity index is 404. The van der Waals surface area contributed by atoms with Crippen molar-refractivity contribution in [2.24, 2.45) is 0 Å². The van der Waals surface area contributed by atoms with Crippen molar-refractivity contribution in [3.8, 4) is 0 Å². The molecule has 2 unspecified atom stereocenters. The second kappa shape index (κ2) is 4.88. The summed E-state index contributed by atoms with van der Waals surface area (Å²) >= 11 is 0. The summed E-state index contributed by atoms with van der Waals surface area (Å²) in [7, 11) is 2.30. The van der Waals surface area contributed by atoms with Crippen LogP contribution in [0.5, 0.6) is 0 Å². The van der Waals surface area contributed by atoms with Crippen molar-refractivity contribution in [2.45, 2.75) is 57.2 Å². The predicted molar refractivity (Wildman–Crippen MR) is 74.8 cm³/mol. The summed E-state index contributed by atoms with van der Waals surface area (Å²) < 4.78 is 0. The van der Waals surface area contributed by atoms with Crippen LogP contribution in [0.3, 0.4) is 0 Å². The summed E-state index contributed by atoms with van der Waals surface area (Å²) in [6.07, 6.45) is 6.68. The lowest BCUT2D eigenvalue weighted by atomic mass is 9.82. The van der Waals surface area contributed by atoms with E-state index in [2.05, 4.69) is 47.4 Å². The topological polar surface area (TPSA) is 28.2 Å². The maximum Gasteiger partial charge on any atom is 0.126 e. The Hall–Kier alpha value is -1.09. The fraction of sp³-hybridized carbons (Fsp3) is 0.667. The summed E-state index contributed by atoms with van der Waals surface area (Å²) in [5.74, 6) is 1.04. The van der Waals surface area contributed by atoms with Gasteiger partial charge in [-0.1, -0.05) is 12.5 Å². The van der Waals surface area contributed by atoms with Crippen LogP contribution in [0.1, 0.15) is 37.8 Å². The number of nitrogens with one attached hydrogen (secondary N) is 1. The van der Waals surface area contributed by atoms with Crippen molar-refractivity contribution in [1.82, 2.24) is 9.88 Å². The lowest BCUT2D eigenvalue weighted by molar-refractivity contribution is 0.0608. The largest absolute Gasteiger partial charge is 0.367 e. The fourth-order valence-electron chi connectivity index (χ4n) is 3.57. The number of hydrogen-bond acceptors (Lipinski definition) is 3. The highest BCUT2D eigenvalue weighted by Crippen LogP contribution is 2.33. The van der Waals surface area contributed by atoms with Gasteiger partial charge in [0, 0.05) is 23.8 Å². The maximum atomic E-state index is 4.56. The molecule has 0 aliphatic carbocycles. The minimum absolute atomic E-state index is 0.603. The van der Waals surface area contributed by atoms with Crippen molar-refractivity contribution in [3.05, 3.63) is 23.9 Å². The van der Waals surface area contributed by atoms with E-state index in [1.54, 1.807) is 0 Å². The van der Waals surface area contributed by atoms with Gasteiger partial charge >= 0.3 is 0 Å². The molecule has 0 amide bonds. The number of anilines is 1. The number of aryl methyl sites for hydroxylation is 1. The summed E-state index contributed by atoms with van der Waals surface area (Å²) in [6.45, 7) is 2.05. The second-order valence-corrected chi connectivity index (χ2v) is 5.88. The lowest BCUT2D eigenvalue weighted by Gasteiger charge is -2.47. The summed E-state index contributed by atoms with van der Waals surface area (Å²) in [6, 6.07) is 8.38. The number of hydrogen-bond donors (Lipinski definition) is 1. The van der Waals surface area contributed by atoms with Crippen LogP contribution in [0.2, 0.25) is 0 Å². The summed E-state index contributed by atoms with van der Waals surface area (Å²) in [5.41, 5.74) is 1.09. The molecule has 2 fully saturated rings. The van der Waals surface area contributed by atoms with Gasteiger partial charge in [-0.3, -0.25) is 0 Å². The van der Waals surface area contributed by atoms with Crippen LogP contribution in [0, 0.1) is 6.92 Å². The molecule has 18 heavy (non-hydrogen) atoms. The van der Waals surface area contributed by atoms with Crippen LogP contribution in [0.15, 0.2) is 18.2 Å². The van der Waals surface area contributed by atoms with E-state index < -0.39 is 0 Å². The molecule has 1 aromatic heterocycles. The van der Waals surface area contributed by atoms with Gasteiger partial charge < -0.3 is 10.2 Å². The molecule has 98 valence electrons. The number of piperidine rings is 2. The number of pyridine rings is 1. The third-order valence-electron chi connectivity index (χ3n) is 4.58. The molecular weight excluding hydrogens is 222 g/mol. The lowest BCUT2D eigenvalue weighted by Crippen LogP contribution is -2.52. The number of fused-ring (bicyclic) bond motifs is 2. The first-order valence-corrected chi connectivity index (χ1v) is 7.14. The third-order valence-corrected chi connectivity index (χ3v) is 4.58. The number of nitrogens with zero attached hydrogens (tertiary/aromatic N) is 2. The number of aromatic nitrogens is 1. The van der Waals surface area contributed by atoms with E-state index in [1.165, 1.54) is 32.1 Å². The highest BCUT2D eigenvalue weighted by Gasteiger charge is 2.35. The first kappa shape index (κ1) is 12.0. The Balaban J connectivity index is 1.68. The SMILES string of the molecule is Cc1cccc(NC2CC3CCCC(C2)N3C)n1. The quantitative estimate of drug-likeness (QED) is 0.868. The molecule has 2 bridgehead atoms. The predicted octanol–water partition coefficient (Wildman–Crippen LogP) is 2.82. The molecule has 1 aromatic rings. The molecule has 3 rings (SSSR count). The van der Waals surface area contributed by atoms with Crippen molar-refractivity contribution in [3.63, 3.8) is 0 Å². The molecule has 2 saturated heterocycles. The Kier molecular flexibility index (Phi) is 3.25. The van der Waals surface area contributed by atoms with Gasteiger partial charge in [0.25, 0.3) is 0 Å². The zero-order chi connectivity index (χ0) is 12.5. The van der Waals surface area contributed by atoms with E-state index >= 15 is 0 Å². The summed E-state index contributed by atoms with van der Waals surface area (Å²) in [4.78, 5) is 7.16. The van der Waals surface area contributed by atoms with Crippen LogP contribution < -0.4 is 5.32 Å². The monoisotopic (exact) mass is 245 g/mol. The van der Waals surface area contributed by atoms with Crippen LogP contribution in [-0.4, -0.2) is 35.1 Å². The second-order valence-electron chi connectivity index (χ2n) is 5.88. The molecule has 2 aliphatic rings. The van der Waals surface area contributed by atoms with E-state index in [4.69, 9.17) is 0 Å². The normalized spacial score (nSPS) is 32.2. The van der Waals surface area contributed by atoms with E-state index in [-0.39, 0.29) is 0 Å². The molecule has 0 spiro atoms. The first-order valence-electron chi connectivity index (χ1n) is 7.14. The first-order chi connectivity index (χ1) is 8.72. The molecule has 0 aromatic carbocycles. The molecule has 0 radical (unpaired) electrons. The average Bonchev–Trinajstić information content (AvgIpc) is 2.30. The van der Waals surface area contributed by atoms with Gasteiger partial charge in [-0.15, -0.1) is 0 Å². The molecule has 3 heteroatoms. The summed E-state index contributed by atoms with van der Waals surface area (Å²) in [5, 5.41) is 3.63. The minimum atomic E-state index is 0.603. The molecular formula is C15H23N3. The van der Waals surface area contributed by atoms with Gasteiger partial charge in [-0.2, -0.15) is 0 Å². The van der Waals surface area contributed by atoms with Crippen LogP contribution in [0.25, 0.3) is 0 Å². The Morgan fingerprint density at radius 1 is 1.22 bits per heavy atom. The van der Waals surface area contributed by atoms with Gasteiger partial charge in [0.05, 0.1) is 0 Å². The Morgan fingerprint density at radius 3 is 2.61 bits per heavy atom. The maximum absolute atomic E-state index is 4.56. The zero-order valence-corrected chi connectivity index (χ0v) is 11.4. The molecule has 0 saturated carbocycles. The highest BCUT2D eigenvalue weighted by molar-refractivity contribution is 5.36. The van der Waals surface area contributed by atoms with Crippen molar-refractivity contribution >= 4 is 5.82 Å². The van der Waals surface area contributed by atoms with Crippen LogP contribution in [-0.2, 0) is 0 Å². The standard InChI is InChI=1S/C15H23N3/c1-11-5-3-8-15(16-11)17-12-9-13-6-4-7-14(10-12)18(13)2/h3,5,8,12-14H,4,6-7,9-10H2,1-2H3,(H,16,17). The van der Waals surface area contributed by atoms with Gasteiger partial charge in [-0.25, -0.2) is 4.98 Å². The Labute approximate surface area is 110 Å². The van der Waals surface area contributed by atoms with Crippen molar-refractivity contribution in [1.29, 1.82) is 0 Å². The van der Waals surface area contributed by atoms with Crippen LogP contribution in [0.4, 0.5) is 5.82 Å². The Morgan fingerprint density at radius 2 is 1.94 bits per heavy atom. The minimum Gasteiger partial charge on any atom is -0.367 e. The van der Waals surface area contributed by atoms with E-state index in [0.717, 1.165) is 23.6 Å². The van der Waals surface area contributed by atoms with Gasteiger partial charge in [0.2, 0.25) is 0 Å². The molecule has 1 N–H and O–H groups in total. The van der Waals surface area contributed by atoms with Crippen molar-refractivity contribution in [2.75, 3.05) is 12.4 Å². The smallest absolute Gasteiger partial charge is 0.126 e. The van der Waals surface area contributed by atoms with E-state index in [9.17, 15) is 0 Å². The zero-order valence-electron chi connectivity index (χ0n) is 11.4. The third kappa shape index (κ3) is 2.37. The fourth-order valence-corrected chi connectivity index (χ4v) is 3.57. The van der Waals surface area contributed by atoms with Crippen molar-refractivity contribution < 1.29 is 0 Å². The van der Waals surface area contributed by atoms with E-state index in [0.29, 0.717) is 6.04 Å². The molecule has 2 aliphatic heterocycles. The number of rotatable bonds is 2. The van der Waals surface area contributed by atoms with E-state index in [1.807, 2.05) is 0 Å². The molecule has 3 heterocycles. The molecule has 3 nitrogen and oxygen atoms in total. The van der Waals surface area contributed by atoms with Gasteiger partial charge in [0.1, 0.15) is 5.82 Å². The highest BCUT2D eigenvalue weighted by atomic mass is 15.2. The molecule has 2 atom stereocenters. The van der Waals surface area contributed by atoms with Gasteiger partial charge in [0.15, 0.2) is 0 Å². The van der Waals surface area contributed by atoms with Gasteiger partial charge in [-0.05, 0) is 51.8 Å². The average molecular weight is 245 g/mol. The van der Waals surface area contributed by atoms with Crippen LogP contribution >= 0.6 is 0 Å².